The van der Waals surface area contributed by atoms with Crippen molar-refractivity contribution in [2.45, 2.75) is 51.2 Å². The summed E-state index contributed by atoms with van der Waals surface area (Å²) in [5.41, 5.74) is 0.541. The highest BCUT2D eigenvalue weighted by atomic mass is 16.5. The first-order valence-electron chi connectivity index (χ1n) is 8.75. The Balaban J connectivity index is 1.49. The maximum atomic E-state index is 12.7. The monoisotopic (exact) mass is 331 g/mol. The second kappa shape index (κ2) is 7.45. The van der Waals surface area contributed by atoms with Crippen LogP contribution in [0.3, 0.4) is 0 Å². The van der Waals surface area contributed by atoms with Crippen LogP contribution < -0.4 is 0 Å². The van der Waals surface area contributed by atoms with Crippen LogP contribution in [0.25, 0.3) is 0 Å². The maximum Gasteiger partial charge on any atom is 0.235 e. The number of benzene rings is 1. The fraction of sp³-hybridized carbons (Fsp3) is 0.579. The third kappa shape index (κ3) is 3.68. The van der Waals surface area contributed by atoms with Gasteiger partial charge in [-0.25, -0.2) is 0 Å². The van der Waals surface area contributed by atoms with Crippen molar-refractivity contribution in [2.75, 3.05) is 13.2 Å². The highest BCUT2D eigenvalue weighted by Crippen LogP contribution is 2.45. The molecule has 3 rings (SSSR count). The number of rotatable bonds is 6. The molecular formula is C19H25NO4. The number of likely N-dealkylation sites (tertiary alicyclic amines) is 1. The third-order valence-electron chi connectivity index (χ3n) is 5.12. The molecule has 0 radical (unpaired) electrons. The van der Waals surface area contributed by atoms with E-state index in [4.69, 9.17) is 4.74 Å². The Bertz CT molecular complexity index is 580. The normalized spacial score (nSPS) is 21.5. The molecule has 1 atom stereocenters. The highest BCUT2D eigenvalue weighted by molar-refractivity contribution is 6.05. The van der Waals surface area contributed by atoms with E-state index in [1.54, 1.807) is 0 Å². The lowest BCUT2D eigenvalue weighted by Crippen LogP contribution is -2.42. The van der Waals surface area contributed by atoms with E-state index in [0.717, 1.165) is 37.7 Å². The van der Waals surface area contributed by atoms with E-state index in [0.29, 0.717) is 13.0 Å². The van der Waals surface area contributed by atoms with Crippen LogP contribution in [0.15, 0.2) is 30.3 Å². The van der Waals surface area contributed by atoms with Gasteiger partial charge in [0.05, 0.1) is 31.3 Å². The number of carbonyl (C=O) groups excluding carboxylic acids is 2. The number of amides is 2. The van der Waals surface area contributed by atoms with Crippen LogP contribution in [-0.2, 0) is 20.9 Å². The summed E-state index contributed by atoms with van der Waals surface area (Å²) in [6.07, 6.45) is 4.22. The van der Waals surface area contributed by atoms with Gasteiger partial charge < -0.3 is 9.84 Å². The number of hydrogen-bond donors (Lipinski definition) is 1. The van der Waals surface area contributed by atoms with Crippen molar-refractivity contribution in [3.05, 3.63) is 35.9 Å². The van der Waals surface area contributed by atoms with Gasteiger partial charge in [0.1, 0.15) is 0 Å². The lowest BCUT2D eigenvalue weighted by molar-refractivity contribution is -0.144. The van der Waals surface area contributed by atoms with Crippen LogP contribution in [0.2, 0.25) is 0 Å². The maximum absolute atomic E-state index is 12.7. The summed E-state index contributed by atoms with van der Waals surface area (Å²) in [5, 5.41) is 10.1. The summed E-state index contributed by atoms with van der Waals surface area (Å²) >= 11 is 0. The Hall–Kier alpha value is -1.72. The van der Waals surface area contributed by atoms with Crippen molar-refractivity contribution in [3.63, 3.8) is 0 Å². The summed E-state index contributed by atoms with van der Waals surface area (Å²) in [7, 11) is 0. The number of nitrogens with zero attached hydrogens (tertiary/aromatic N) is 1. The summed E-state index contributed by atoms with van der Waals surface area (Å²) in [5.74, 6) is -0.238. The second-order valence-electron chi connectivity index (χ2n) is 6.98. The van der Waals surface area contributed by atoms with Gasteiger partial charge in [-0.2, -0.15) is 0 Å². The van der Waals surface area contributed by atoms with E-state index >= 15 is 0 Å². The first-order chi connectivity index (χ1) is 11.6. The molecule has 0 unspecified atom stereocenters. The Morgan fingerprint density at radius 2 is 1.83 bits per heavy atom. The number of carbonyl (C=O) groups is 2. The van der Waals surface area contributed by atoms with Crippen LogP contribution in [0.5, 0.6) is 0 Å². The summed E-state index contributed by atoms with van der Waals surface area (Å²) < 4.78 is 5.50. The van der Waals surface area contributed by atoms with Gasteiger partial charge in [-0.1, -0.05) is 49.6 Å². The molecule has 2 amide bonds. The van der Waals surface area contributed by atoms with E-state index in [9.17, 15) is 14.7 Å². The lowest BCUT2D eigenvalue weighted by Gasteiger charge is -2.30. The molecule has 1 aromatic rings. The predicted molar refractivity (Wildman–Crippen MR) is 89.0 cm³/mol. The molecule has 130 valence electrons. The van der Waals surface area contributed by atoms with Gasteiger partial charge in [-0.3, -0.25) is 14.5 Å². The lowest BCUT2D eigenvalue weighted by atomic mass is 9.73. The minimum Gasteiger partial charge on any atom is -0.389 e. The van der Waals surface area contributed by atoms with Crippen molar-refractivity contribution in [1.29, 1.82) is 0 Å². The van der Waals surface area contributed by atoms with Crippen LogP contribution in [0.4, 0.5) is 0 Å². The molecule has 1 spiro atoms. The zero-order valence-corrected chi connectivity index (χ0v) is 13.9. The molecule has 5 heteroatoms. The van der Waals surface area contributed by atoms with Crippen LogP contribution >= 0.6 is 0 Å². The number of imide groups is 1. The Labute approximate surface area is 142 Å². The fourth-order valence-electron chi connectivity index (χ4n) is 3.81. The molecule has 1 saturated carbocycles. The molecule has 0 aromatic heterocycles. The van der Waals surface area contributed by atoms with Crippen molar-refractivity contribution in [3.8, 4) is 0 Å². The van der Waals surface area contributed by atoms with Gasteiger partial charge in [0, 0.05) is 6.42 Å². The Kier molecular flexibility index (Phi) is 5.31. The molecular weight excluding hydrogens is 306 g/mol. The van der Waals surface area contributed by atoms with Crippen LogP contribution in [0, 0.1) is 5.41 Å². The van der Waals surface area contributed by atoms with E-state index in [1.807, 2.05) is 30.3 Å². The first-order valence-corrected chi connectivity index (χ1v) is 8.75. The molecule has 1 N–H and O–H groups in total. The SMILES string of the molecule is O=C1CC2(CCCCC2)C(=O)N1C[C@H](O)COCc1ccccc1. The van der Waals surface area contributed by atoms with Crippen molar-refractivity contribution < 1.29 is 19.4 Å². The summed E-state index contributed by atoms with van der Waals surface area (Å²) in [6.45, 7) is 0.552. The van der Waals surface area contributed by atoms with E-state index in [-0.39, 0.29) is 25.0 Å². The molecule has 1 saturated heterocycles. The number of hydrogen-bond acceptors (Lipinski definition) is 4. The smallest absolute Gasteiger partial charge is 0.235 e. The summed E-state index contributed by atoms with van der Waals surface area (Å²) in [4.78, 5) is 26.2. The second-order valence-corrected chi connectivity index (χ2v) is 6.98. The van der Waals surface area contributed by atoms with Crippen molar-refractivity contribution in [2.24, 2.45) is 5.41 Å². The minimum absolute atomic E-state index is 0.0359. The number of ether oxygens (including phenoxy) is 1. The number of β-amino-alcohol motifs (C(OH)–C–C–N with tert-alkyl or cyclic N) is 1. The Morgan fingerprint density at radius 1 is 1.12 bits per heavy atom. The van der Waals surface area contributed by atoms with E-state index in [2.05, 4.69) is 0 Å². The molecule has 1 aliphatic carbocycles. The average Bonchev–Trinajstić information content (AvgIpc) is 2.81. The zero-order chi connectivity index (χ0) is 17.0. The van der Waals surface area contributed by atoms with Gasteiger partial charge in [0.15, 0.2) is 0 Å². The number of aliphatic hydroxyl groups is 1. The quantitative estimate of drug-likeness (QED) is 0.812. The molecule has 2 aliphatic rings. The predicted octanol–water partition coefficient (Wildman–Crippen LogP) is 2.27. The van der Waals surface area contributed by atoms with Gasteiger partial charge in [0.2, 0.25) is 11.8 Å². The van der Waals surface area contributed by atoms with Crippen LogP contribution in [-0.4, -0.2) is 41.1 Å². The summed E-state index contributed by atoms with van der Waals surface area (Å²) in [6, 6.07) is 9.70. The largest absolute Gasteiger partial charge is 0.389 e. The van der Waals surface area contributed by atoms with Crippen molar-refractivity contribution in [1.82, 2.24) is 4.90 Å². The molecule has 1 aliphatic heterocycles. The molecule has 2 fully saturated rings. The van der Waals surface area contributed by atoms with E-state index in [1.165, 1.54) is 4.90 Å². The average molecular weight is 331 g/mol. The van der Waals surface area contributed by atoms with Gasteiger partial charge in [0.25, 0.3) is 0 Å². The molecule has 24 heavy (non-hydrogen) atoms. The topological polar surface area (TPSA) is 66.8 Å². The molecule has 5 nitrogen and oxygen atoms in total. The minimum atomic E-state index is -0.847. The van der Waals surface area contributed by atoms with Crippen LogP contribution in [0.1, 0.15) is 44.1 Å². The standard InChI is InChI=1S/C19H25NO4/c21-16(14-24-13-15-7-3-1-4-8-15)12-20-17(22)11-19(18(20)23)9-5-2-6-10-19/h1,3-4,7-8,16,21H,2,5-6,9-14H2/t16-/m0/s1. The molecule has 1 heterocycles. The fourth-order valence-corrected chi connectivity index (χ4v) is 3.81. The van der Waals surface area contributed by atoms with Gasteiger partial charge in [-0.15, -0.1) is 0 Å². The van der Waals surface area contributed by atoms with Gasteiger partial charge in [-0.05, 0) is 18.4 Å². The molecule has 1 aromatic carbocycles. The van der Waals surface area contributed by atoms with E-state index < -0.39 is 11.5 Å². The van der Waals surface area contributed by atoms with Crippen molar-refractivity contribution >= 4 is 11.8 Å². The Morgan fingerprint density at radius 3 is 2.54 bits per heavy atom. The van der Waals surface area contributed by atoms with Gasteiger partial charge >= 0.3 is 0 Å². The number of aliphatic hydroxyl groups excluding tert-OH is 1. The first kappa shape index (κ1) is 17.1. The highest BCUT2D eigenvalue weighted by Gasteiger charge is 2.51. The molecule has 0 bridgehead atoms. The zero-order valence-electron chi connectivity index (χ0n) is 13.9. The third-order valence-corrected chi connectivity index (χ3v) is 5.12.